The number of nitrogen functional groups attached to an aromatic ring is 1. The van der Waals surface area contributed by atoms with Crippen LogP contribution < -0.4 is 10.6 Å². The summed E-state index contributed by atoms with van der Waals surface area (Å²) >= 11 is 2.00. The number of hydrogen-bond donors (Lipinski definition) is 1. The molecule has 1 aliphatic heterocycles. The van der Waals surface area contributed by atoms with Gasteiger partial charge in [0.1, 0.15) is 17.5 Å². The van der Waals surface area contributed by atoms with E-state index in [4.69, 9.17) is 5.73 Å². The second-order valence-corrected chi connectivity index (χ2v) is 5.14. The minimum absolute atomic E-state index is 0.590. The van der Waals surface area contributed by atoms with Crippen molar-refractivity contribution in [3.63, 3.8) is 0 Å². The molecule has 1 aromatic heterocycles. The number of anilines is 2. The van der Waals surface area contributed by atoms with Crippen molar-refractivity contribution in [3.8, 4) is 0 Å². The van der Waals surface area contributed by atoms with E-state index in [2.05, 4.69) is 21.8 Å². The van der Waals surface area contributed by atoms with Crippen LogP contribution in [0.2, 0.25) is 0 Å². The SMILES string of the molecule is CCCc1nc(N)cc(N2CCSCC2)n1. The molecule has 88 valence electrons. The molecule has 0 spiro atoms. The molecular weight excluding hydrogens is 220 g/mol. The fraction of sp³-hybridized carbons (Fsp3) is 0.636. The van der Waals surface area contributed by atoms with E-state index in [9.17, 15) is 0 Å². The van der Waals surface area contributed by atoms with E-state index in [1.54, 1.807) is 0 Å². The summed E-state index contributed by atoms with van der Waals surface area (Å²) in [5, 5.41) is 0. The topological polar surface area (TPSA) is 55.0 Å². The van der Waals surface area contributed by atoms with Gasteiger partial charge >= 0.3 is 0 Å². The van der Waals surface area contributed by atoms with Gasteiger partial charge in [-0.1, -0.05) is 6.92 Å². The normalized spacial score (nSPS) is 16.4. The third-order valence-electron chi connectivity index (χ3n) is 2.59. The lowest BCUT2D eigenvalue weighted by molar-refractivity contribution is 0.796. The first-order chi connectivity index (χ1) is 7.79. The summed E-state index contributed by atoms with van der Waals surface area (Å²) in [7, 11) is 0. The van der Waals surface area contributed by atoms with E-state index in [0.29, 0.717) is 5.82 Å². The Kier molecular flexibility index (Phi) is 3.88. The molecule has 2 N–H and O–H groups in total. The first-order valence-electron chi connectivity index (χ1n) is 5.75. The molecule has 1 saturated heterocycles. The summed E-state index contributed by atoms with van der Waals surface area (Å²) in [5.41, 5.74) is 5.81. The van der Waals surface area contributed by atoms with Crippen molar-refractivity contribution in [3.05, 3.63) is 11.9 Å². The molecule has 0 bridgehead atoms. The highest BCUT2D eigenvalue weighted by Gasteiger charge is 2.13. The lowest BCUT2D eigenvalue weighted by Crippen LogP contribution is -2.33. The molecule has 2 heterocycles. The van der Waals surface area contributed by atoms with E-state index < -0.39 is 0 Å². The van der Waals surface area contributed by atoms with E-state index in [1.807, 2.05) is 17.8 Å². The second kappa shape index (κ2) is 5.39. The highest BCUT2D eigenvalue weighted by Crippen LogP contribution is 2.19. The Labute approximate surface area is 101 Å². The van der Waals surface area contributed by atoms with Crippen LogP contribution in [0.25, 0.3) is 0 Å². The Morgan fingerprint density at radius 3 is 2.81 bits per heavy atom. The highest BCUT2D eigenvalue weighted by molar-refractivity contribution is 7.99. The van der Waals surface area contributed by atoms with Crippen LogP contribution in [0.1, 0.15) is 19.2 Å². The number of aromatic nitrogens is 2. The van der Waals surface area contributed by atoms with Crippen molar-refractivity contribution in [1.29, 1.82) is 0 Å². The van der Waals surface area contributed by atoms with Gasteiger partial charge in [-0.15, -0.1) is 0 Å². The summed E-state index contributed by atoms with van der Waals surface area (Å²) in [6.45, 7) is 4.25. The molecular formula is C11H18N4S. The van der Waals surface area contributed by atoms with Crippen molar-refractivity contribution in [2.24, 2.45) is 0 Å². The quantitative estimate of drug-likeness (QED) is 0.866. The average Bonchev–Trinajstić information content (AvgIpc) is 2.30. The van der Waals surface area contributed by atoms with Crippen LogP contribution in [0.3, 0.4) is 0 Å². The first kappa shape index (κ1) is 11.5. The molecule has 0 aromatic carbocycles. The first-order valence-corrected chi connectivity index (χ1v) is 6.91. The zero-order valence-electron chi connectivity index (χ0n) is 9.65. The smallest absolute Gasteiger partial charge is 0.134 e. The Morgan fingerprint density at radius 2 is 2.12 bits per heavy atom. The highest BCUT2D eigenvalue weighted by atomic mass is 32.2. The maximum absolute atomic E-state index is 5.81. The fourth-order valence-electron chi connectivity index (χ4n) is 1.79. The zero-order chi connectivity index (χ0) is 11.4. The van der Waals surface area contributed by atoms with Crippen LogP contribution in [0.5, 0.6) is 0 Å². The predicted octanol–water partition coefficient (Wildman–Crippen LogP) is 1.56. The third-order valence-corrected chi connectivity index (χ3v) is 3.53. The molecule has 1 aromatic rings. The molecule has 16 heavy (non-hydrogen) atoms. The monoisotopic (exact) mass is 238 g/mol. The number of nitrogens with zero attached hydrogens (tertiary/aromatic N) is 3. The molecule has 1 aliphatic rings. The second-order valence-electron chi connectivity index (χ2n) is 3.92. The molecule has 2 rings (SSSR count). The lowest BCUT2D eigenvalue weighted by atomic mass is 10.3. The molecule has 0 amide bonds. The molecule has 0 radical (unpaired) electrons. The zero-order valence-corrected chi connectivity index (χ0v) is 10.5. The Balaban J connectivity index is 2.18. The van der Waals surface area contributed by atoms with Crippen LogP contribution in [0.4, 0.5) is 11.6 Å². The summed E-state index contributed by atoms with van der Waals surface area (Å²) in [4.78, 5) is 11.1. The van der Waals surface area contributed by atoms with Crippen molar-refractivity contribution < 1.29 is 0 Å². The van der Waals surface area contributed by atoms with E-state index in [1.165, 1.54) is 11.5 Å². The standard InChI is InChI=1S/C11H18N4S/c1-2-3-10-13-9(12)8-11(14-10)15-4-6-16-7-5-15/h8H,2-7H2,1H3,(H2,12,13,14). The van der Waals surface area contributed by atoms with Crippen LogP contribution in [-0.2, 0) is 6.42 Å². The van der Waals surface area contributed by atoms with Gasteiger partial charge in [0.2, 0.25) is 0 Å². The van der Waals surface area contributed by atoms with Gasteiger partial charge in [0.15, 0.2) is 0 Å². The lowest BCUT2D eigenvalue weighted by Gasteiger charge is -2.27. The van der Waals surface area contributed by atoms with Crippen LogP contribution >= 0.6 is 11.8 Å². The Hall–Kier alpha value is -0.970. The summed E-state index contributed by atoms with van der Waals surface area (Å²) < 4.78 is 0. The maximum Gasteiger partial charge on any atom is 0.134 e. The van der Waals surface area contributed by atoms with E-state index in [-0.39, 0.29) is 0 Å². The van der Waals surface area contributed by atoms with Gasteiger partial charge in [-0.3, -0.25) is 0 Å². The predicted molar refractivity (Wildman–Crippen MR) is 70.0 cm³/mol. The molecule has 0 aliphatic carbocycles. The number of thioether (sulfide) groups is 1. The van der Waals surface area contributed by atoms with Crippen LogP contribution in [0.15, 0.2) is 6.07 Å². The Morgan fingerprint density at radius 1 is 1.38 bits per heavy atom. The minimum Gasteiger partial charge on any atom is -0.384 e. The summed E-state index contributed by atoms with van der Waals surface area (Å²) in [6, 6.07) is 1.88. The van der Waals surface area contributed by atoms with E-state index in [0.717, 1.165) is 37.6 Å². The van der Waals surface area contributed by atoms with Gasteiger partial charge in [0, 0.05) is 37.1 Å². The van der Waals surface area contributed by atoms with Gasteiger partial charge in [-0.2, -0.15) is 11.8 Å². The van der Waals surface area contributed by atoms with Crippen molar-refractivity contribution >= 4 is 23.4 Å². The van der Waals surface area contributed by atoms with Gasteiger partial charge in [0.05, 0.1) is 0 Å². The number of nitrogens with two attached hydrogens (primary N) is 1. The Bertz CT molecular complexity index is 350. The minimum atomic E-state index is 0.590. The van der Waals surface area contributed by atoms with Crippen molar-refractivity contribution in [2.75, 3.05) is 35.2 Å². The third kappa shape index (κ3) is 2.78. The van der Waals surface area contributed by atoms with Gasteiger partial charge in [0.25, 0.3) is 0 Å². The number of hydrogen-bond acceptors (Lipinski definition) is 5. The maximum atomic E-state index is 5.81. The average molecular weight is 238 g/mol. The van der Waals surface area contributed by atoms with Crippen molar-refractivity contribution in [1.82, 2.24) is 9.97 Å². The molecule has 5 heteroatoms. The summed E-state index contributed by atoms with van der Waals surface area (Å²) in [5.74, 6) is 4.80. The molecule has 0 saturated carbocycles. The number of aryl methyl sites for hydroxylation is 1. The molecule has 1 fully saturated rings. The summed E-state index contributed by atoms with van der Waals surface area (Å²) in [6.07, 6.45) is 1.96. The fourth-order valence-corrected chi connectivity index (χ4v) is 2.70. The molecule has 4 nitrogen and oxygen atoms in total. The number of rotatable bonds is 3. The van der Waals surface area contributed by atoms with Gasteiger partial charge in [-0.05, 0) is 6.42 Å². The van der Waals surface area contributed by atoms with Crippen LogP contribution in [0, 0.1) is 0 Å². The van der Waals surface area contributed by atoms with Gasteiger partial charge < -0.3 is 10.6 Å². The molecule has 0 unspecified atom stereocenters. The van der Waals surface area contributed by atoms with Gasteiger partial charge in [-0.25, -0.2) is 9.97 Å². The molecule has 0 atom stereocenters. The van der Waals surface area contributed by atoms with E-state index >= 15 is 0 Å². The largest absolute Gasteiger partial charge is 0.384 e. The van der Waals surface area contributed by atoms with Crippen molar-refractivity contribution in [2.45, 2.75) is 19.8 Å². The van der Waals surface area contributed by atoms with Crippen LogP contribution in [-0.4, -0.2) is 34.6 Å².